The van der Waals surface area contributed by atoms with E-state index in [-0.39, 0.29) is 12.6 Å². The number of carbonyl (C=O) groups is 1. The largest absolute Gasteiger partial charge is 0.454 e. The number of hydrogen-bond acceptors (Lipinski definition) is 3. The number of Topliss-reactive ketones (excluding diaryl/α,β-unsaturated/α-hetero) is 1. The number of hydrogen-bond donors (Lipinski definition) is 0. The van der Waals surface area contributed by atoms with E-state index < -0.39 is 0 Å². The molecule has 0 aliphatic carbocycles. The molecule has 0 amide bonds. The molecule has 0 fully saturated rings. The molecule has 1 aromatic carbocycles. The third kappa shape index (κ3) is 1.93. The average Bonchev–Trinajstić information content (AvgIpc) is 2.67. The number of carbonyl (C=O) groups excluding carboxylic acids is 1. The molecule has 3 nitrogen and oxygen atoms in total. The Kier molecular flexibility index (Phi) is 3.29. The van der Waals surface area contributed by atoms with E-state index in [1.54, 1.807) is 18.2 Å². The molecule has 0 unspecified atom stereocenters. The van der Waals surface area contributed by atoms with Crippen molar-refractivity contribution in [3.8, 4) is 11.5 Å². The molecule has 0 radical (unpaired) electrons. The Hall–Kier alpha value is -1.77. The van der Waals surface area contributed by atoms with Gasteiger partial charge in [0.05, 0.1) is 0 Å². The van der Waals surface area contributed by atoms with Crippen molar-refractivity contribution in [1.82, 2.24) is 0 Å². The van der Waals surface area contributed by atoms with Crippen LogP contribution < -0.4 is 9.47 Å². The maximum Gasteiger partial charge on any atom is 0.231 e. The Bertz CT molecular complexity index is 344. The first-order valence-electron chi connectivity index (χ1n) is 4.18. The molecule has 2 rings (SSSR count). The summed E-state index contributed by atoms with van der Waals surface area (Å²) < 4.78 is 10.2. The van der Waals surface area contributed by atoms with Crippen molar-refractivity contribution in [3.63, 3.8) is 0 Å². The van der Waals surface area contributed by atoms with E-state index in [1.165, 1.54) is 6.92 Å². The summed E-state index contributed by atoms with van der Waals surface area (Å²) in [7, 11) is 0. The second-order valence-corrected chi connectivity index (χ2v) is 2.62. The SMILES string of the molecule is C=C.CC(=O)c1ccc2c(c1)OCO2. The summed E-state index contributed by atoms with van der Waals surface area (Å²) in [5.41, 5.74) is 0.652. The van der Waals surface area contributed by atoms with Crippen molar-refractivity contribution < 1.29 is 14.3 Å². The smallest absolute Gasteiger partial charge is 0.231 e. The zero-order valence-electron chi connectivity index (χ0n) is 8.08. The van der Waals surface area contributed by atoms with Gasteiger partial charge in [0.15, 0.2) is 17.3 Å². The van der Waals surface area contributed by atoms with Crippen molar-refractivity contribution in [2.45, 2.75) is 6.92 Å². The first kappa shape index (κ1) is 10.3. The second-order valence-electron chi connectivity index (χ2n) is 2.62. The Morgan fingerprint density at radius 3 is 2.57 bits per heavy atom. The zero-order chi connectivity index (χ0) is 10.6. The Balaban J connectivity index is 0.000000461. The monoisotopic (exact) mass is 192 g/mol. The highest BCUT2D eigenvalue weighted by Crippen LogP contribution is 2.32. The first-order valence-corrected chi connectivity index (χ1v) is 4.18. The van der Waals surface area contributed by atoms with Gasteiger partial charge in [-0.05, 0) is 25.1 Å². The molecule has 1 heterocycles. The molecular formula is C11H12O3. The molecule has 0 saturated heterocycles. The topological polar surface area (TPSA) is 35.5 Å². The fourth-order valence-electron chi connectivity index (χ4n) is 1.12. The predicted octanol–water partition coefficient (Wildman–Crippen LogP) is 2.42. The van der Waals surface area contributed by atoms with Gasteiger partial charge in [-0.15, -0.1) is 13.2 Å². The van der Waals surface area contributed by atoms with Crippen LogP contribution in [0.25, 0.3) is 0 Å². The summed E-state index contributed by atoms with van der Waals surface area (Å²) in [5.74, 6) is 1.40. The molecular weight excluding hydrogens is 180 g/mol. The predicted molar refractivity (Wildman–Crippen MR) is 53.8 cm³/mol. The molecule has 1 aromatic rings. The van der Waals surface area contributed by atoms with Crippen LogP contribution in [0.15, 0.2) is 31.4 Å². The third-order valence-corrected chi connectivity index (χ3v) is 1.78. The van der Waals surface area contributed by atoms with Crippen LogP contribution in [-0.4, -0.2) is 12.6 Å². The Labute approximate surface area is 83.0 Å². The maximum atomic E-state index is 10.9. The van der Waals surface area contributed by atoms with E-state index in [0.717, 1.165) is 0 Å². The number of fused-ring (bicyclic) bond motifs is 1. The van der Waals surface area contributed by atoms with Crippen molar-refractivity contribution in [2.75, 3.05) is 6.79 Å². The van der Waals surface area contributed by atoms with Crippen LogP contribution in [0, 0.1) is 0 Å². The lowest BCUT2D eigenvalue weighted by Gasteiger charge is -1.97. The van der Waals surface area contributed by atoms with Crippen molar-refractivity contribution in [3.05, 3.63) is 36.9 Å². The summed E-state index contributed by atoms with van der Waals surface area (Å²) in [6.07, 6.45) is 0. The van der Waals surface area contributed by atoms with E-state index in [2.05, 4.69) is 13.2 Å². The molecule has 0 saturated carbocycles. The average molecular weight is 192 g/mol. The lowest BCUT2D eigenvalue weighted by atomic mass is 10.1. The van der Waals surface area contributed by atoms with Gasteiger partial charge in [0, 0.05) is 5.56 Å². The minimum atomic E-state index is 0.0355. The molecule has 0 aromatic heterocycles. The fraction of sp³-hybridized carbons (Fsp3) is 0.182. The second kappa shape index (κ2) is 4.46. The van der Waals surface area contributed by atoms with Crippen molar-refractivity contribution in [2.24, 2.45) is 0 Å². The number of ether oxygens (including phenoxy) is 2. The summed E-state index contributed by atoms with van der Waals surface area (Å²) in [4.78, 5) is 10.9. The van der Waals surface area contributed by atoms with Gasteiger partial charge in [-0.2, -0.15) is 0 Å². The lowest BCUT2D eigenvalue weighted by molar-refractivity contribution is 0.101. The minimum Gasteiger partial charge on any atom is -0.454 e. The molecule has 3 heteroatoms. The molecule has 0 atom stereocenters. The van der Waals surface area contributed by atoms with Crippen molar-refractivity contribution >= 4 is 5.78 Å². The minimum absolute atomic E-state index is 0.0355. The Morgan fingerprint density at radius 1 is 1.29 bits per heavy atom. The Morgan fingerprint density at radius 2 is 1.93 bits per heavy atom. The normalized spacial score (nSPS) is 11.5. The number of rotatable bonds is 1. The first-order chi connectivity index (χ1) is 6.77. The quantitative estimate of drug-likeness (QED) is 0.506. The highest BCUT2D eigenvalue weighted by atomic mass is 16.7. The summed E-state index contributed by atoms with van der Waals surface area (Å²) in [6, 6.07) is 5.18. The molecule has 1 aliphatic rings. The molecule has 0 spiro atoms. The van der Waals surface area contributed by atoms with Crippen LogP contribution >= 0.6 is 0 Å². The summed E-state index contributed by atoms with van der Waals surface area (Å²) in [5, 5.41) is 0. The van der Waals surface area contributed by atoms with Gasteiger partial charge in [0.1, 0.15) is 0 Å². The number of benzene rings is 1. The van der Waals surface area contributed by atoms with E-state index in [0.29, 0.717) is 17.1 Å². The van der Waals surface area contributed by atoms with Crippen LogP contribution in [0.5, 0.6) is 11.5 Å². The van der Waals surface area contributed by atoms with Crippen LogP contribution in [0.3, 0.4) is 0 Å². The van der Waals surface area contributed by atoms with Crippen LogP contribution in [0.2, 0.25) is 0 Å². The van der Waals surface area contributed by atoms with Gasteiger partial charge in [-0.3, -0.25) is 4.79 Å². The standard InChI is InChI=1S/C9H8O3.C2H4/c1-6(10)7-2-3-8-9(4-7)12-5-11-8;1-2/h2-4H,5H2,1H3;1-2H2. The van der Waals surface area contributed by atoms with Gasteiger partial charge in [0.25, 0.3) is 0 Å². The van der Waals surface area contributed by atoms with Gasteiger partial charge in [0.2, 0.25) is 6.79 Å². The van der Waals surface area contributed by atoms with E-state index in [9.17, 15) is 4.79 Å². The molecule has 1 aliphatic heterocycles. The van der Waals surface area contributed by atoms with Gasteiger partial charge in [-0.25, -0.2) is 0 Å². The number of ketones is 1. The van der Waals surface area contributed by atoms with Crippen LogP contribution in [-0.2, 0) is 0 Å². The summed E-state index contributed by atoms with van der Waals surface area (Å²) >= 11 is 0. The van der Waals surface area contributed by atoms with Gasteiger partial charge < -0.3 is 9.47 Å². The van der Waals surface area contributed by atoms with E-state index in [4.69, 9.17) is 9.47 Å². The van der Waals surface area contributed by atoms with Crippen LogP contribution in [0.4, 0.5) is 0 Å². The zero-order valence-corrected chi connectivity index (χ0v) is 8.08. The highest BCUT2D eigenvalue weighted by molar-refractivity contribution is 5.94. The molecule has 74 valence electrons. The maximum absolute atomic E-state index is 10.9. The third-order valence-electron chi connectivity index (χ3n) is 1.78. The lowest BCUT2D eigenvalue weighted by Crippen LogP contribution is -1.93. The highest BCUT2D eigenvalue weighted by Gasteiger charge is 2.13. The molecule has 0 N–H and O–H groups in total. The summed E-state index contributed by atoms with van der Waals surface area (Å²) in [6.45, 7) is 7.77. The molecule has 0 bridgehead atoms. The van der Waals surface area contributed by atoms with Gasteiger partial charge >= 0.3 is 0 Å². The van der Waals surface area contributed by atoms with E-state index in [1.807, 2.05) is 0 Å². The van der Waals surface area contributed by atoms with Crippen LogP contribution in [0.1, 0.15) is 17.3 Å². The fourth-order valence-corrected chi connectivity index (χ4v) is 1.12. The molecule has 14 heavy (non-hydrogen) atoms. The van der Waals surface area contributed by atoms with E-state index >= 15 is 0 Å². The van der Waals surface area contributed by atoms with Crippen molar-refractivity contribution in [1.29, 1.82) is 0 Å². The van der Waals surface area contributed by atoms with Gasteiger partial charge in [-0.1, -0.05) is 0 Å².